The smallest absolute Gasteiger partial charge is 0.224 e. The number of para-hydroxylation sites is 1. The molecule has 4 heterocycles. The second-order valence-corrected chi connectivity index (χ2v) is 7.48. The SMILES string of the molecule is Fc1cccc(F)c1Nc1nc2cnc(NC3CCOCC3)nc2n1C1CCOC1. The highest BCUT2D eigenvalue weighted by Crippen LogP contribution is 2.31. The minimum atomic E-state index is -0.691. The molecule has 0 aliphatic carbocycles. The number of halogens is 2. The van der Waals surface area contributed by atoms with E-state index in [2.05, 4.69) is 25.6 Å². The number of fused-ring (bicyclic) bond motifs is 1. The van der Waals surface area contributed by atoms with Crippen LogP contribution in [-0.4, -0.2) is 52.0 Å². The monoisotopic (exact) mass is 416 g/mol. The summed E-state index contributed by atoms with van der Waals surface area (Å²) in [4.78, 5) is 13.6. The first-order chi connectivity index (χ1) is 14.7. The Labute approximate surface area is 171 Å². The van der Waals surface area contributed by atoms with Gasteiger partial charge in [-0.1, -0.05) is 6.07 Å². The molecule has 0 spiro atoms. The number of rotatable bonds is 5. The first kappa shape index (κ1) is 19.1. The van der Waals surface area contributed by atoms with Gasteiger partial charge in [0.05, 0.1) is 18.8 Å². The van der Waals surface area contributed by atoms with Gasteiger partial charge in [0.25, 0.3) is 0 Å². The summed E-state index contributed by atoms with van der Waals surface area (Å²) in [5, 5.41) is 6.17. The van der Waals surface area contributed by atoms with Crippen molar-refractivity contribution >= 4 is 28.7 Å². The van der Waals surface area contributed by atoms with Gasteiger partial charge in [0.15, 0.2) is 5.65 Å². The zero-order valence-electron chi connectivity index (χ0n) is 16.3. The van der Waals surface area contributed by atoms with Crippen LogP contribution in [-0.2, 0) is 9.47 Å². The van der Waals surface area contributed by atoms with Gasteiger partial charge in [0, 0.05) is 25.9 Å². The van der Waals surface area contributed by atoms with Crippen LogP contribution in [0.1, 0.15) is 25.3 Å². The summed E-state index contributed by atoms with van der Waals surface area (Å²) in [7, 11) is 0. The molecule has 1 aromatic carbocycles. The van der Waals surface area contributed by atoms with Crippen molar-refractivity contribution < 1.29 is 18.3 Å². The van der Waals surface area contributed by atoms with E-state index in [1.165, 1.54) is 18.2 Å². The Hall–Kier alpha value is -2.85. The fraction of sp³-hybridized carbons (Fsp3) is 0.450. The van der Waals surface area contributed by atoms with E-state index >= 15 is 0 Å². The van der Waals surface area contributed by atoms with E-state index < -0.39 is 11.6 Å². The molecule has 0 saturated carbocycles. The predicted octanol–water partition coefficient (Wildman–Crippen LogP) is 3.40. The van der Waals surface area contributed by atoms with Crippen molar-refractivity contribution in [3.05, 3.63) is 36.0 Å². The summed E-state index contributed by atoms with van der Waals surface area (Å²) in [6.45, 7) is 2.50. The molecular formula is C20H22F2N6O2. The Balaban J connectivity index is 1.53. The van der Waals surface area contributed by atoms with Gasteiger partial charge >= 0.3 is 0 Å². The van der Waals surface area contributed by atoms with E-state index in [1.807, 2.05) is 4.57 Å². The first-order valence-corrected chi connectivity index (χ1v) is 10.1. The molecular weight excluding hydrogens is 394 g/mol. The molecule has 2 fully saturated rings. The highest BCUT2D eigenvalue weighted by Gasteiger charge is 2.26. The number of anilines is 3. The van der Waals surface area contributed by atoms with Crippen molar-refractivity contribution in [2.45, 2.75) is 31.3 Å². The van der Waals surface area contributed by atoms with Crippen molar-refractivity contribution in [2.75, 3.05) is 37.1 Å². The third-order valence-electron chi connectivity index (χ3n) is 5.46. The largest absolute Gasteiger partial charge is 0.381 e. The van der Waals surface area contributed by atoms with Crippen LogP contribution in [0.5, 0.6) is 0 Å². The molecule has 2 aromatic heterocycles. The van der Waals surface area contributed by atoms with Crippen LogP contribution in [0.15, 0.2) is 24.4 Å². The third-order valence-corrected chi connectivity index (χ3v) is 5.46. The van der Waals surface area contributed by atoms with E-state index in [-0.39, 0.29) is 17.8 Å². The van der Waals surface area contributed by atoms with Crippen molar-refractivity contribution in [1.82, 2.24) is 19.5 Å². The summed E-state index contributed by atoms with van der Waals surface area (Å²) >= 11 is 0. The van der Waals surface area contributed by atoms with Crippen molar-refractivity contribution in [3.63, 3.8) is 0 Å². The molecule has 158 valence electrons. The maximum absolute atomic E-state index is 14.2. The fourth-order valence-electron chi connectivity index (χ4n) is 3.87. The molecule has 0 amide bonds. The number of imidazole rings is 1. The quantitative estimate of drug-likeness (QED) is 0.659. The number of hydrogen-bond acceptors (Lipinski definition) is 7. The maximum atomic E-state index is 14.2. The lowest BCUT2D eigenvalue weighted by atomic mass is 10.1. The van der Waals surface area contributed by atoms with E-state index in [4.69, 9.17) is 9.47 Å². The normalized spacial score (nSPS) is 20.0. The average molecular weight is 416 g/mol. The van der Waals surface area contributed by atoms with Crippen molar-refractivity contribution in [2.24, 2.45) is 0 Å². The molecule has 2 saturated heterocycles. The van der Waals surface area contributed by atoms with Crippen LogP contribution in [0.3, 0.4) is 0 Å². The number of hydrogen-bond donors (Lipinski definition) is 2. The van der Waals surface area contributed by atoms with Crippen LogP contribution >= 0.6 is 0 Å². The zero-order valence-corrected chi connectivity index (χ0v) is 16.3. The van der Waals surface area contributed by atoms with Crippen LogP contribution in [0.2, 0.25) is 0 Å². The van der Waals surface area contributed by atoms with Crippen molar-refractivity contribution in [3.8, 4) is 0 Å². The van der Waals surface area contributed by atoms with Gasteiger partial charge in [-0.15, -0.1) is 0 Å². The Morgan fingerprint density at radius 1 is 1.00 bits per heavy atom. The third kappa shape index (κ3) is 3.68. The van der Waals surface area contributed by atoms with E-state index in [0.29, 0.717) is 49.5 Å². The van der Waals surface area contributed by atoms with Crippen LogP contribution in [0.4, 0.5) is 26.4 Å². The number of nitrogens with one attached hydrogen (secondary N) is 2. The lowest BCUT2D eigenvalue weighted by molar-refractivity contribution is 0.0903. The number of benzene rings is 1. The number of nitrogens with zero attached hydrogens (tertiary/aromatic N) is 4. The highest BCUT2D eigenvalue weighted by atomic mass is 19.1. The Morgan fingerprint density at radius 3 is 2.50 bits per heavy atom. The molecule has 8 nitrogen and oxygen atoms in total. The molecule has 1 atom stereocenters. The first-order valence-electron chi connectivity index (χ1n) is 10.1. The Morgan fingerprint density at radius 2 is 1.77 bits per heavy atom. The molecule has 0 bridgehead atoms. The second-order valence-electron chi connectivity index (χ2n) is 7.48. The van der Waals surface area contributed by atoms with Gasteiger partial charge in [-0.2, -0.15) is 4.98 Å². The van der Waals surface area contributed by atoms with Crippen LogP contribution in [0.25, 0.3) is 11.2 Å². The highest BCUT2D eigenvalue weighted by molar-refractivity contribution is 5.76. The molecule has 2 aliphatic heterocycles. The predicted molar refractivity (Wildman–Crippen MR) is 107 cm³/mol. The second kappa shape index (κ2) is 8.11. The molecule has 30 heavy (non-hydrogen) atoms. The zero-order chi connectivity index (χ0) is 20.5. The lowest BCUT2D eigenvalue weighted by Crippen LogP contribution is -2.28. The van der Waals surface area contributed by atoms with Crippen LogP contribution < -0.4 is 10.6 Å². The van der Waals surface area contributed by atoms with Gasteiger partial charge < -0.3 is 20.1 Å². The van der Waals surface area contributed by atoms with Gasteiger partial charge in [0.2, 0.25) is 11.9 Å². The number of aromatic nitrogens is 4. The summed E-state index contributed by atoms with van der Waals surface area (Å²) in [6, 6.07) is 3.92. The molecule has 1 unspecified atom stereocenters. The van der Waals surface area contributed by atoms with E-state index in [0.717, 1.165) is 19.3 Å². The summed E-state index contributed by atoms with van der Waals surface area (Å²) in [5.41, 5.74) is 0.884. The topological polar surface area (TPSA) is 86.1 Å². The van der Waals surface area contributed by atoms with E-state index in [9.17, 15) is 8.78 Å². The Bertz CT molecular complexity index is 1030. The summed E-state index contributed by atoms with van der Waals surface area (Å²) < 4.78 is 41.2. The average Bonchev–Trinajstić information content (AvgIpc) is 3.39. The minimum Gasteiger partial charge on any atom is -0.381 e. The summed E-state index contributed by atoms with van der Waals surface area (Å²) in [6.07, 6.45) is 4.15. The molecule has 2 N–H and O–H groups in total. The number of ether oxygens (including phenoxy) is 2. The molecule has 0 radical (unpaired) electrons. The maximum Gasteiger partial charge on any atom is 0.224 e. The summed E-state index contributed by atoms with van der Waals surface area (Å²) in [5.74, 6) is -0.575. The van der Waals surface area contributed by atoms with Gasteiger partial charge in [-0.25, -0.2) is 18.7 Å². The Kier molecular flexibility index (Phi) is 5.17. The molecule has 10 heteroatoms. The standard InChI is InChI=1S/C20H22F2N6O2/c21-14-2-1-3-15(22)17(14)26-20-25-16-10-23-19(24-12-4-7-29-8-5-12)27-18(16)28(20)13-6-9-30-11-13/h1-3,10,12-13H,4-9,11H2,(H,25,26)(H,23,24,27). The van der Waals surface area contributed by atoms with Gasteiger partial charge in [-0.05, 0) is 31.4 Å². The molecule has 3 aromatic rings. The van der Waals surface area contributed by atoms with Gasteiger partial charge in [-0.3, -0.25) is 4.57 Å². The minimum absolute atomic E-state index is 0.0434. The van der Waals surface area contributed by atoms with E-state index in [1.54, 1.807) is 6.20 Å². The molecule has 2 aliphatic rings. The lowest BCUT2D eigenvalue weighted by Gasteiger charge is -2.23. The van der Waals surface area contributed by atoms with Crippen molar-refractivity contribution in [1.29, 1.82) is 0 Å². The fourth-order valence-corrected chi connectivity index (χ4v) is 3.87. The van der Waals surface area contributed by atoms with Gasteiger partial charge in [0.1, 0.15) is 22.8 Å². The molecule has 5 rings (SSSR count). The van der Waals surface area contributed by atoms with Crippen LogP contribution in [0, 0.1) is 11.6 Å².